The molecule has 104 valence electrons. The lowest BCUT2D eigenvalue weighted by atomic mass is 10.3. The van der Waals surface area contributed by atoms with Gasteiger partial charge in [-0.25, -0.2) is 8.78 Å². The van der Waals surface area contributed by atoms with Gasteiger partial charge in [-0.15, -0.1) is 0 Å². The normalized spacial score (nSPS) is 10.1. The van der Waals surface area contributed by atoms with E-state index in [1.165, 1.54) is 24.3 Å². The topological polar surface area (TPSA) is 41.1 Å². The standard InChI is InChI=1S/C15H14F2N2O/c16-11-4-3-5-12(10-11)19-15(20)8-9-18-14-7-2-1-6-13(14)17/h1-7,10,18H,8-9H2,(H,19,20). The van der Waals surface area contributed by atoms with Gasteiger partial charge in [-0.2, -0.15) is 0 Å². The van der Waals surface area contributed by atoms with Crippen molar-refractivity contribution in [1.29, 1.82) is 0 Å². The summed E-state index contributed by atoms with van der Waals surface area (Å²) in [6.45, 7) is 0.294. The molecule has 1 amide bonds. The fourth-order valence-electron chi connectivity index (χ4n) is 1.70. The van der Waals surface area contributed by atoms with Gasteiger partial charge in [-0.3, -0.25) is 4.79 Å². The molecule has 0 bridgehead atoms. The van der Waals surface area contributed by atoms with Crippen molar-refractivity contribution >= 4 is 17.3 Å². The van der Waals surface area contributed by atoms with Gasteiger partial charge in [0.05, 0.1) is 5.69 Å². The van der Waals surface area contributed by atoms with Crippen LogP contribution in [0, 0.1) is 11.6 Å². The first-order valence-electron chi connectivity index (χ1n) is 6.19. The van der Waals surface area contributed by atoms with Gasteiger partial charge in [0.2, 0.25) is 5.91 Å². The van der Waals surface area contributed by atoms with Gasteiger partial charge < -0.3 is 10.6 Å². The summed E-state index contributed by atoms with van der Waals surface area (Å²) in [6.07, 6.45) is 0.158. The number of carbonyl (C=O) groups is 1. The van der Waals surface area contributed by atoms with E-state index in [-0.39, 0.29) is 18.1 Å². The molecule has 0 aliphatic heterocycles. The Kier molecular flexibility index (Phi) is 4.65. The molecule has 2 N–H and O–H groups in total. The zero-order chi connectivity index (χ0) is 14.4. The molecule has 0 spiro atoms. The van der Waals surface area contributed by atoms with Crippen molar-refractivity contribution in [3.63, 3.8) is 0 Å². The molecule has 0 aliphatic carbocycles. The van der Waals surface area contributed by atoms with Crippen molar-refractivity contribution in [2.24, 2.45) is 0 Å². The molecule has 0 saturated heterocycles. The molecule has 5 heteroatoms. The van der Waals surface area contributed by atoms with Crippen molar-refractivity contribution in [2.45, 2.75) is 6.42 Å². The van der Waals surface area contributed by atoms with Crippen LogP contribution in [0.2, 0.25) is 0 Å². The van der Waals surface area contributed by atoms with Crippen molar-refractivity contribution in [3.8, 4) is 0 Å². The summed E-state index contributed by atoms with van der Waals surface area (Å²) in [6, 6.07) is 11.9. The number of carbonyl (C=O) groups excluding carboxylic acids is 1. The van der Waals surface area contributed by atoms with Gasteiger partial charge in [0.25, 0.3) is 0 Å². The lowest BCUT2D eigenvalue weighted by Gasteiger charge is -2.08. The number of benzene rings is 2. The Hall–Kier alpha value is -2.43. The third kappa shape index (κ3) is 4.05. The highest BCUT2D eigenvalue weighted by molar-refractivity contribution is 5.90. The molecule has 2 aromatic rings. The highest BCUT2D eigenvalue weighted by Crippen LogP contribution is 2.12. The van der Waals surface area contributed by atoms with E-state index in [1.54, 1.807) is 24.3 Å². The van der Waals surface area contributed by atoms with E-state index in [0.29, 0.717) is 17.9 Å². The Morgan fingerprint density at radius 3 is 2.60 bits per heavy atom. The van der Waals surface area contributed by atoms with E-state index in [2.05, 4.69) is 10.6 Å². The van der Waals surface area contributed by atoms with E-state index in [1.807, 2.05) is 0 Å². The Labute approximate surface area is 115 Å². The van der Waals surface area contributed by atoms with Crippen LogP contribution in [0.15, 0.2) is 48.5 Å². The second-order valence-corrected chi connectivity index (χ2v) is 4.22. The molecule has 0 saturated carbocycles. The smallest absolute Gasteiger partial charge is 0.226 e. The average Bonchev–Trinajstić information content (AvgIpc) is 2.41. The van der Waals surface area contributed by atoms with Crippen molar-refractivity contribution in [2.75, 3.05) is 17.2 Å². The highest BCUT2D eigenvalue weighted by atomic mass is 19.1. The van der Waals surface area contributed by atoms with Gasteiger partial charge in [-0.05, 0) is 30.3 Å². The second kappa shape index (κ2) is 6.65. The van der Waals surface area contributed by atoms with Crippen LogP contribution in [-0.2, 0) is 4.79 Å². The number of hydrogen-bond donors (Lipinski definition) is 2. The number of para-hydroxylation sites is 1. The maximum Gasteiger partial charge on any atom is 0.226 e. The summed E-state index contributed by atoms with van der Waals surface area (Å²) < 4.78 is 26.2. The molecule has 0 fully saturated rings. The van der Waals surface area contributed by atoms with Gasteiger partial charge in [-0.1, -0.05) is 18.2 Å². The molecule has 0 radical (unpaired) electrons. The third-order valence-corrected chi connectivity index (χ3v) is 2.65. The summed E-state index contributed by atoms with van der Waals surface area (Å²) in [4.78, 5) is 11.6. The van der Waals surface area contributed by atoms with Crippen LogP contribution >= 0.6 is 0 Å². The molecule has 20 heavy (non-hydrogen) atoms. The first-order chi connectivity index (χ1) is 9.65. The number of nitrogens with one attached hydrogen (secondary N) is 2. The molecule has 0 aliphatic rings. The summed E-state index contributed by atoms with van der Waals surface area (Å²) >= 11 is 0. The fraction of sp³-hybridized carbons (Fsp3) is 0.133. The monoisotopic (exact) mass is 276 g/mol. The van der Waals surface area contributed by atoms with Gasteiger partial charge in [0.1, 0.15) is 11.6 Å². The van der Waals surface area contributed by atoms with E-state index >= 15 is 0 Å². The maximum atomic E-state index is 13.3. The van der Waals surface area contributed by atoms with E-state index < -0.39 is 5.82 Å². The maximum absolute atomic E-state index is 13.3. The first kappa shape index (κ1) is 14.0. The molecule has 0 unspecified atom stereocenters. The molecular weight excluding hydrogens is 262 g/mol. The number of hydrogen-bond acceptors (Lipinski definition) is 2. The minimum Gasteiger partial charge on any atom is -0.382 e. The Morgan fingerprint density at radius 2 is 1.85 bits per heavy atom. The van der Waals surface area contributed by atoms with Gasteiger partial charge >= 0.3 is 0 Å². The zero-order valence-electron chi connectivity index (χ0n) is 10.7. The van der Waals surface area contributed by atoms with Gasteiger partial charge in [0, 0.05) is 18.7 Å². The predicted octanol–water partition coefficient (Wildman–Crippen LogP) is 3.41. The van der Waals surface area contributed by atoms with Crippen LogP contribution in [0.3, 0.4) is 0 Å². The first-order valence-corrected chi connectivity index (χ1v) is 6.19. The van der Waals surface area contributed by atoms with Crippen LogP contribution in [0.25, 0.3) is 0 Å². The van der Waals surface area contributed by atoms with Crippen molar-refractivity contribution in [1.82, 2.24) is 0 Å². The largest absolute Gasteiger partial charge is 0.382 e. The average molecular weight is 276 g/mol. The van der Waals surface area contributed by atoms with E-state index in [0.717, 1.165) is 0 Å². The fourth-order valence-corrected chi connectivity index (χ4v) is 1.70. The quantitative estimate of drug-likeness (QED) is 0.878. The SMILES string of the molecule is O=C(CCNc1ccccc1F)Nc1cccc(F)c1. The molecule has 2 aromatic carbocycles. The summed E-state index contributed by atoms with van der Waals surface area (Å²) in [5.41, 5.74) is 0.756. The Morgan fingerprint density at radius 1 is 1.05 bits per heavy atom. The molecule has 0 heterocycles. The Balaban J connectivity index is 1.80. The molecule has 2 rings (SSSR count). The minimum atomic E-state index is -0.410. The minimum absolute atomic E-state index is 0.158. The van der Waals surface area contributed by atoms with Crippen LogP contribution in [0.4, 0.5) is 20.2 Å². The van der Waals surface area contributed by atoms with Crippen molar-refractivity contribution in [3.05, 3.63) is 60.2 Å². The predicted molar refractivity (Wildman–Crippen MR) is 74.5 cm³/mol. The van der Waals surface area contributed by atoms with Crippen LogP contribution in [0.5, 0.6) is 0 Å². The third-order valence-electron chi connectivity index (χ3n) is 2.65. The lowest BCUT2D eigenvalue weighted by Crippen LogP contribution is -2.16. The number of anilines is 2. The number of amides is 1. The number of halogens is 2. The second-order valence-electron chi connectivity index (χ2n) is 4.22. The Bertz CT molecular complexity index is 602. The van der Waals surface area contributed by atoms with Gasteiger partial charge in [0.15, 0.2) is 0 Å². The van der Waals surface area contributed by atoms with Crippen LogP contribution < -0.4 is 10.6 Å². The zero-order valence-corrected chi connectivity index (χ0v) is 10.7. The highest BCUT2D eigenvalue weighted by Gasteiger charge is 2.04. The summed E-state index contributed by atoms with van der Waals surface area (Å²) in [5, 5.41) is 5.40. The van der Waals surface area contributed by atoms with E-state index in [4.69, 9.17) is 0 Å². The van der Waals surface area contributed by atoms with Crippen LogP contribution in [-0.4, -0.2) is 12.5 Å². The molecule has 0 atom stereocenters. The summed E-state index contributed by atoms with van der Waals surface area (Å²) in [7, 11) is 0. The van der Waals surface area contributed by atoms with Crippen LogP contribution in [0.1, 0.15) is 6.42 Å². The molecular formula is C15H14F2N2O. The van der Waals surface area contributed by atoms with E-state index in [9.17, 15) is 13.6 Å². The van der Waals surface area contributed by atoms with Crippen molar-refractivity contribution < 1.29 is 13.6 Å². The number of rotatable bonds is 5. The summed E-state index contributed by atoms with van der Waals surface area (Å²) in [5.74, 6) is -1.04. The molecule has 0 aromatic heterocycles. The molecule has 3 nitrogen and oxygen atoms in total. The lowest BCUT2D eigenvalue weighted by molar-refractivity contribution is -0.115.